The lowest BCUT2D eigenvalue weighted by atomic mass is 10.0. The van der Waals surface area contributed by atoms with E-state index in [4.69, 9.17) is 0 Å². The summed E-state index contributed by atoms with van der Waals surface area (Å²) in [7, 11) is 1.84. The molecule has 1 aromatic carbocycles. The Bertz CT molecular complexity index is 720. The molecule has 0 spiro atoms. The molecule has 2 N–H and O–H groups in total. The molecule has 1 amide bonds. The summed E-state index contributed by atoms with van der Waals surface area (Å²) in [5, 5.41) is 7.56. The number of carbonyl (C=O) groups is 1. The molecule has 1 aromatic heterocycles. The van der Waals surface area contributed by atoms with Gasteiger partial charge < -0.3 is 15.5 Å². The second-order valence-corrected chi connectivity index (χ2v) is 7.02. The lowest BCUT2D eigenvalue weighted by molar-refractivity contribution is 0.0719. The molecule has 1 aliphatic heterocycles. The van der Waals surface area contributed by atoms with Crippen LogP contribution in [-0.2, 0) is 0 Å². The fraction of sp³-hybridized carbons (Fsp3) is 0.444. The number of hydrogen-bond acceptors (Lipinski definition) is 5. The molecule has 0 aliphatic carbocycles. The van der Waals surface area contributed by atoms with Crippen molar-refractivity contribution >= 4 is 28.1 Å². The summed E-state index contributed by atoms with van der Waals surface area (Å²) in [6.07, 6.45) is 1.93. The number of hydrogen-bond donors (Lipinski definition) is 2. The summed E-state index contributed by atoms with van der Waals surface area (Å²) >= 11 is 1.35. The van der Waals surface area contributed by atoms with Gasteiger partial charge in [-0.3, -0.25) is 4.79 Å². The number of anilines is 2. The van der Waals surface area contributed by atoms with Crippen molar-refractivity contribution in [3.05, 3.63) is 41.1 Å². The van der Waals surface area contributed by atoms with Gasteiger partial charge in [-0.15, -0.1) is 0 Å². The van der Waals surface area contributed by atoms with Crippen LogP contribution in [0.4, 0.5) is 10.7 Å². The lowest BCUT2D eigenvalue weighted by Crippen LogP contribution is -2.42. The van der Waals surface area contributed by atoms with Gasteiger partial charge in [-0.1, -0.05) is 18.2 Å². The predicted molar refractivity (Wildman–Crippen MR) is 100 cm³/mol. The average molecular weight is 344 g/mol. The van der Waals surface area contributed by atoms with Crippen molar-refractivity contribution in [1.82, 2.24) is 9.27 Å². The molecule has 3 rings (SSSR count). The summed E-state index contributed by atoms with van der Waals surface area (Å²) in [5.41, 5.74) is 3.99. The van der Waals surface area contributed by atoms with Gasteiger partial charge in [0.1, 0.15) is 5.00 Å². The van der Waals surface area contributed by atoms with Crippen LogP contribution in [0, 0.1) is 13.8 Å². The maximum atomic E-state index is 12.8. The minimum absolute atomic E-state index is 0.0972. The van der Waals surface area contributed by atoms with E-state index in [1.54, 1.807) is 0 Å². The van der Waals surface area contributed by atoms with Crippen LogP contribution in [0.15, 0.2) is 24.3 Å². The minimum Gasteiger partial charge on any atom is -0.382 e. The van der Waals surface area contributed by atoms with E-state index in [9.17, 15) is 4.79 Å². The molecular formula is C18H24N4OS. The third-order valence-corrected chi connectivity index (χ3v) is 5.55. The van der Waals surface area contributed by atoms with Gasteiger partial charge in [0.15, 0.2) is 0 Å². The molecule has 0 atom stereocenters. The Labute approximate surface area is 147 Å². The van der Waals surface area contributed by atoms with Crippen LogP contribution in [0.5, 0.6) is 0 Å². The Morgan fingerprint density at radius 3 is 2.62 bits per heavy atom. The molecule has 2 aromatic rings. The summed E-state index contributed by atoms with van der Waals surface area (Å²) < 4.78 is 4.30. The van der Waals surface area contributed by atoms with Crippen LogP contribution in [0.2, 0.25) is 0 Å². The topological polar surface area (TPSA) is 57.3 Å². The van der Waals surface area contributed by atoms with Gasteiger partial charge in [-0.2, -0.15) is 4.37 Å². The van der Waals surface area contributed by atoms with Crippen molar-refractivity contribution in [2.75, 3.05) is 30.8 Å². The maximum Gasteiger partial charge on any atom is 0.258 e. The zero-order chi connectivity index (χ0) is 17.1. The molecule has 2 heterocycles. The van der Waals surface area contributed by atoms with E-state index in [0.717, 1.165) is 42.2 Å². The lowest BCUT2D eigenvalue weighted by Gasteiger charge is -2.33. The van der Waals surface area contributed by atoms with Gasteiger partial charge in [0, 0.05) is 31.9 Å². The van der Waals surface area contributed by atoms with Gasteiger partial charge in [0.2, 0.25) is 0 Å². The number of aromatic nitrogens is 1. The zero-order valence-electron chi connectivity index (χ0n) is 14.4. The third-order valence-electron chi connectivity index (χ3n) is 4.59. The first-order valence-corrected chi connectivity index (χ1v) is 9.13. The smallest absolute Gasteiger partial charge is 0.258 e. The molecule has 0 bridgehead atoms. The molecule has 1 saturated heterocycles. The van der Waals surface area contributed by atoms with Crippen LogP contribution in [0.1, 0.15) is 34.5 Å². The quantitative estimate of drug-likeness (QED) is 0.891. The first-order valence-electron chi connectivity index (χ1n) is 8.35. The standard InChI is InChI=1S/C18H24N4OS/c1-12-6-4-5-7-15(12)20-14-8-10-22(11-9-14)18(23)16-13(2)21-24-17(16)19-3/h4-7,14,19-20H,8-11H2,1-3H3. The Balaban J connectivity index is 1.62. The number of likely N-dealkylation sites (tertiary alicyclic amines) is 1. The van der Waals surface area contributed by atoms with Crippen molar-refractivity contribution in [2.45, 2.75) is 32.7 Å². The third kappa shape index (κ3) is 3.38. The van der Waals surface area contributed by atoms with Crippen LogP contribution in [0.25, 0.3) is 0 Å². The molecule has 5 nitrogen and oxygen atoms in total. The normalized spacial score (nSPS) is 15.4. The highest BCUT2D eigenvalue weighted by molar-refractivity contribution is 7.10. The monoisotopic (exact) mass is 344 g/mol. The zero-order valence-corrected chi connectivity index (χ0v) is 15.2. The van der Waals surface area contributed by atoms with Gasteiger partial charge in [0.25, 0.3) is 5.91 Å². The Hall–Kier alpha value is -2.08. The largest absolute Gasteiger partial charge is 0.382 e. The molecule has 0 saturated carbocycles. The van der Waals surface area contributed by atoms with E-state index in [0.29, 0.717) is 6.04 Å². The van der Waals surface area contributed by atoms with Gasteiger partial charge in [-0.25, -0.2) is 0 Å². The minimum atomic E-state index is 0.0972. The predicted octanol–water partition coefficient (Wildman–Crippen LogP) is 3.52. The Kier molecular flexibility index (Phi) is 5.04. The van der Waals surface area contributed by atoms with Crippen molar-refractivity contribution in [1.29, 1.82) is 0 Å². The number of piperidine rings is 1. The van der Waals surface area contributed by atoms with E-state index in [2.05, 4.69) is 46.2 Å². The molecule has 6 heteroatoms. The number of amides is 1. The van der Waals surface area contributed by atoms with Crippen LogP contribution in [0.3, 0.4) is 0 Å². The maximum absolute atomic E-state index is 12.8. The summed E-state index contributed by atoms with van der Waals surface area (Å²) in [4.78, 5) is 14.8. The van der Waals surface area contributed by atoms with Gasteiger partial charge in [-0.05, 0) is 49.9 Å². The summed E-state index contributed by atoms with van der Waals surface area (Å²) in [5.74, 6) is 0.0972. The van der Waals surface area contributed by atoms with Crippen LogP contribution < -0.4 is 10.6 Å². The van der Waals surface area contributed by atoms with Crippen molar-refractivity contribution in [3.63, 3.8) is 0 Å². The van der Waals surface area contributed by atoms with E-state index >= 15 is 0 Å². The summed E-state index contributed by atoms with van der Waals surface area (Å²) in [6, 6.07) is 8.76. The molecule has 1 fully saturated rings. The molecule has 1 aliphatic rings. The number of nitrogens with one attached hydrogen (secondary N) is 2. The second-order valence-electron chi connectivity index (χ2n) is 6.25. The summed E-state index contributed by atoms with van der Waals surface area (Å²) in [6.45, 7) is 5.57. The molecule has 0 radical (unpaired) electrons. The van der Waals surface area contributed by atoms with E-state index in [-0.39, 0.29) is 5.91 Å². The SMILES string of the molecule is CNc1snc(C)c1C(=O)N1CCC(Nc2ccccc2C)CC1. The van der Waals surface area contributed by atoms with Crippen molar-refractivity contribution < 1.29 is 4.79 Å². The number of rotatable bonds is 4. The number of carbonyl (C=O) groups excluding carboxylic acids is 1. The first-order chi connectivity index (χ1) is 11.6. The number of para-hydroxylation sites is 1. The molecule has 24 heavy (non-hydrogen) atoms. The fourth-order valence-electron chi connectivity index (χ4n) is 3.13. The highest BCUT2D eigenvalue weighted by Crippen LogP contribution is 2.27. The molecule has 128 valence electrons. The van der Waals surface area contributed by atoms with Crippen LogP contribution in [-0.4, -0.2) is 41.4 Å². The highest BCUT2D eigenvalue weighted by atomic mass is 32.1. The Morgan fingerprint density at radius 2 is 1.96 bits per heavy atom. The molecule has 0 unspecified atom stereocenters. The number of benzene rings is 1. The van der Waals surface area contributed by atoms with E-state index in [1.807, 2.05) is 18.9 Å². The number of aryl methyl sites for hydroxylation is 2. The fourth-order valence-corrected chi connectivity index (χ4v) is 3.87. The highest BCUT2D eigenvalue weighted by Gasteiger charge is 2.27. The van der Waals surface area contributed by atoms with E-state index in [1.165, 1.54) is 22.8 Å². The first kappa shape index (κ1) is 16.8. The van der Waals surface area contributed by atoms with Crippen LogP contribution >= 0.6 is 11.5 Å². The van der Waals surface area contributed by atoms with Crippen molar-refractivity contribution in [3.8, 4) is 0 Å². The Morgan fingerprint density at radius 1 is 1.25 bits per heavy atom. The van der Waals surface area contributed by atoms with Crippen molar-refractivity contribution in [2.24, 2.45) is 0 Å². The van der Waals surface area contributed by atoms with E-state index < -0.39 is 0 Å². The average Bonchev–Trinajstić information content (AvgIpc) is 2.98. The van der Waals surface area contributed by atoms with Gasteiger partial charge in [0.05, 0.1) is 11.3 Å². The number of nitrogens with zero attached hydrogens (tertiary/aromatic N) is 2. The second kappa shape index (κ2) is 7.21. The molecular weight excluding hydrogens is 320 g/mol. The van der Waals surface area contributed by atoms with Gasteiger partial charge >= 0.3 is 0 Å².